The molecular formula is C23H19F3N4O. The predicted octanol–water partition coefficient (Wildman–Crippen LogP) is 4.77. The van der Waals surface area contributed by atoms with Gasteiger partial charge in [0.15, 0.2) is 0 Å². The van der Waals surface area contributed by atoms with Crippen LogP contribution in [0.1, 0.15) is 27.0 Å². The van der Waals surface area contributed by atoms with Crippen molar-refractivity contribution >= 4 is 16.9 Å². The summed E-state index contributed by atoms with van der Waals surface area (Å²) in [5.41, 5.74) is 3.14. The fourth-order valence-corrected chi connectivity index (χ4v) is 3.32. The molecule has 0 bridgehead atoms. The predicted molar refractivity (Wildman–Crippen MR) is 110 cm³/mol. The van der Waals surface area contributed by atoms with Crippen LogP contribution in [0.3, 0.4) is 0 Å². The molecule has 1 heterocycles. The molecule has 5 nitrogen and oxygen atoms in total. The van der Waals surface area contributed by atoms with Crippen LogP contribution < -0.4 is 0 Å². The number of amides is 1. The van der Waals surface area contributed by atoms with Crippen LogP contribution in [0.4, 0.5) is 13.2 Å². The SMILES string of the molecule is CN(Cc1ccc(C(F)(F)F)cc1)C(=O)c1ccc(Cn2nnc3ccccc32)cc1. The van der Waals surface area contributed by atoms with Crippen LogP contribution >= 0.6 is 0 Å². The zero-order valence-corrected chi connectivity index (χ0v) is 16.7. The first-order valence-corrected chi connectivity index (χ1v) is 9.60. The molecule has 0 radical (unpaired) electrons. The number of fused-ring (bicyclic) bond motifs is 1. The van der Waals surface area contributed by atoms with Crippen molar-refractivity contribution in [1.29, 1.82) is 0 Å². The van der Waals surface area contributed by atoms with Crippen LogP contribution in [0.2, 0.25) is 0 Å². The summed E-state index contributed by atoms with van der Waals surface area (Å²) >= 11 is 0. The highest BCUT2D eigenvalue weighted by atomic mass is 19.4. The number of hydrogen-bond acceptors (Lipinski definition) is 3. The number of halogens is 3. The third kappa shape index (κ3) is 4.58. The van der Waals surface area contributed by atoms with E-state index in [1.807, 2.05) is 36.4 Å². The lowest BCUT2D eigenvalue weighted by Gasteiger charge is -2.18. The lowest BCUT2D eigenvalue weighted by atomic mass is 10.1. The minimum atomic E-state index is -4.37. The second-order valence-corrected chi connectivity index (χ2v) is 7.29. The van der Waals surface area contributed by atoms with Crippen molar-refractivity contribution in [3.63, 3.8) is 0 Å². The number of carbonyl (C=O) groups is 1. The Kier molecular flexibility index (Phi) is 5.46. The zero-order chi connectivity index (χ0) is 22.0. The number of rotatable bonds is 5. The quantitative estimate of drug-likeness (QED) is 0.464. The first-order valence-electron chi connectivity index (χ1n) is 9.60. The standard InChI is InChI=1S/C23H19F3N4O/c1-29(14-16-8-12-19(13-9-16)23(24,25)26)22(31)18-10-6-17(7-11-18)15-30-21-5-3-2-4-20(21)27-28-30/h2-13H,14-15H2,1H3. The lowest BCUT2D eigenvalue weighted by molar-refractivity contribution is -0.137. The van der Waals surface area contributed by atoms with Gasteiger partial charge in [0.05, 0.1) is 17.6 Å². The van der Waals surface area contributed by atoms with E-state index >= 15 is 0 Å². The highest BCUT2D eigenvalue weighted by Crippen LogP contribution is 2.29. The van der Waals surface area contributed by atoms with E-state index in [2.05, 4.69) is 10.3 Å². The molecule has 0 saturated heterocycles. The van der Waals surface area contributed by atoms with E-state index in [1.54, 1.807) is 23.9 Å². The Labute approximate surface area is 176 Å². The van der Waals surface area contributed by atoms with E-state index in [0.29, 0.717) is 17.7 Å². The van der Waals surface area contributed by atoms with Gasteiger partial charge in [-0.15, -0.1) is 5.10 Å². The molecule has 31 heavy (non-hydrogen) atoms. The molecule has 3 aromatic carbocycles. The van der Waals surface area contributed by atoms with Gasteiger partial charge in [-0.25, -0.2) is 4.68 Å². The normalized spacial score (nSPS) is 11.6. The second kappa shape index (κ2) is 8.22. The number of benzene rings is 3. The average Bonchev–Trinajstić information content (AvgIpc) is 3.16. The molecule has 0 N–H and O–H groups in total. The van der Waals surface area contributed by atoms with Gasteiger partial charge in [-0.05, 0) is 47.5 Å². The highest BCUT2D eigenvalue weighted by Gasteiger charge is 2.30. The molecule has 1 amide bonds. The molecule has 0 fully saturated rings. The summed E-state index contributed by atoms with van der Waals surface area (Å²) in [6.07, 6.45) is -4.37. The molecule has 0 spiro atoms. The fraction of sp³-hybridized carbons (Fsp3) is 0.174. The molecule has 0 saturated carbocycles. The monoisotopic (exact) mass is 424 g/mol. The maximum absolute atomic E-state index is 12.7. The summed E-state index contributed by atoms with van der Waals surface area (Å²) in [5.74, 6) is -0.211. The molecule has 8 heteroatoms. The second-order valence-electron chi connectivity index (χ2n) is 7.29. The lowest BCUT2D eigenvalue weighted by Crippen LogP contribution is -2.26. The summed E-state index contributed by atoms with van der Waals surface area (Å²) in [4.78, 5) is 14.2. The maximum atomic E-state index is 12.7. The Morgan fingerprint density at radius 1 is 0.935 bits per heavy atom. The van der Waals surface area contributed by atoms with Crippen molar-refractivity contribution in [1.82, 2.24) is 19.9 Å². The van der Waals surface area contributed by atoms with E-state index in [-0.39, 0.29) is 12.5 Å². The van der Waals surface area contributed by atoms with E-state index < -0.39 is 11.7 Å². The van der Waals surface area contributed by atoms with Gasteiger partial charge in [-0.3, -0.25) is 4.79 Å². The number of aromatic nitrogens is 3. The Morgan fingerprint density at radius 3 is 2.26 bits per heavy atom. The highest BCUT2D eigenvalue weighted by molar-refractivity contribution is 5.94. The summed E-state index contributed by atoms with van der Waals surface area (Å²) in [7, 11) is 1.62. The Hall–Kier alpha value is -3.68. The van der Waals surface area contributed by atoms with Crippen LogP contribution in [0.5, 0.6) is 0 Å². The van der Waals surface area contributed by atoms with Gasteiger partial charge in [-0.1, -0.05) is 41.6 Å². The average molecular weight is 424 g/mol. The molecule has 1 aromatic heterocycles. The molecule has 0 aliphatic rings. The number of nitrogens with zero attached hydrogens (tertiary/aromatic N) is 4. The number of hydrogen-bond donors (Lipinski definition) is 0. The third-order valence-electron chi connectivity index (χ3n) is 5.00. The summed E-state index contributed by atoms with van der Waals surface area (Å²) in [6.45, 7) is 0.736. The Morgan fingerprint density at radius 2 is 1.58 bits per heavy atom. The van der Waals surface area contributed by atoms with E-state index in [4.69, 9.17) is 0 Å². The summed E-state index contributed by atoms with van der Waals surface area (Å²) in [6, 6.07) is 19.7. The first kappa shape index (κ1) is 20.6. The van der Waals surface area contributed by atoms with Crippen molar-refractivity contribution in [2.45, 2.75) is 19.3 Å². The topological polar surface area (TPSA) is 51.0 Å². The van der Waals surface area contributed by atoms with Crippen LogP contribution in [0.25, 0.3) is 11.0 Å². The van der Waals surface area contributed by atoms with Crippen molar-refractivity contribution in [3.8, 4) is 0 Å². The minimum Gasteiger partial charge on any atom is -0.337 e. The first-order chi connectivity index (χ1) is 14.8. The van der Waals surface area contributed by atoms with Gasteiger partial charge in [0.1, 0.15) is 5.52 Å². The number of alkyl halides is 3. The molecule has 0 unspecified atom stereocenters. The molecule has 0 aliphatic heterocycles. The van der Waals surface area contributed by atoms with Crippen molar-refractivity contribution in [2.24, 2.45) is 0 Å². The van der Waals surface area contributed by atoms with Crippen molar-refractivity contribution in [2.75, 3.05) is 7.05 Å². The van der Waals surface area contributed by atoms with E-state index in [9.17, 15) is 18.0 Å². The molecule has 0 atom stereocenters. The van der Waals surface area contributed by atoms with Gasteiger partial charge in [-0.2, -0.15) is 13.2 Å². The fourth-order valence-electron chi connectivity index (χ4n) is 3.32. The van der Waals surface area contributed by atoms with Gasteiger partial charge < -0.3 is 4.90 Å². The zero-order valence-electron chi connectivity index (χ0n) is 16.7. The Balaban J connectivity index is 1.41. The molecule has 4 aromatic rings. The van der Waals surface area contributed by atoms with Gasteiger partial charge in [0, 0.05) is 19.2 Å². The van der Waals surface area contributed by atoms with Crippen LogP contribution in [-0.4, -0.2) is 32.8 Å². The van der Waals surface area contributed by atoms with Crippen molar-refractivity contribution < 1.29 is 18.0 Å². The van der Waals surface area contributed by atoms with Gasteiger partial charge in [0.2, 0.25) is 0 Å². The summed E-state index contributed by atoms with van der Waals surface area (Å²) < 4.78 is 39.9. The van der Waals surface area contributed by atoms with Gasteiger partial charge in [0.25, 0.3) is 5.91 Å². The minimum absolute atomic E-state index is 0.211. The third-order valence-corrected chi connectivity index (χ3v) is 5.00. The van der Waals surface area contributed by atoms with Crippen LogP contribution in [0.15, 0.2) is 72.8 Å². The summed E-state index contributed by atoms with van der Waals surface area (Å²) in [5, 5.41) is 8.30. The number of carbonyl (C=O) groups excluding carboxylic acids is 1. The van der Waals surface area contributed by atoms with E-state index in [1.165, 1.54) is 17.0 Å². The van der Waals surface area contributed by atoms with Crippen molar-refractivity contribution in [3.05, 3.63) is 95.1 Å². The van der Waals surface area contributed by atoms with Gasteiger partial charge >= 0.3 is 6.18 Å². The van der Waals surface area contributed by atoms with Crippen LogP contribution in [-0.2, 0) is 19.3 Å². The molecular weight excluding hydrogens is 405 g/mol. The largest absolute Gasteiger partial charge is 0.416 e. The smallest absolute Gasteiger partial charge is 0.337 e. The maximum Gasteiger partial charge on any atom is 0.416 e. The molecule has 158 valence electrons. The molecule has 0 aliphatic carbocycles. The Bertz CT molecular complexity index is 1200. The molecule has 4 rings (SSSR count). The van der Waals surface area contributed by atoms with E-state index in [0.717, 1.165) is 28.7 Å². The van der Waals surface area contributed by atoms with Crippen LogP contribution in [0, 0.1) is 0 Å². The number of para-hydroxylation sites is 1.